The second kappa shape index (κ2) is 19.6. The van der Waals surface area contributed by atoms with E-state index in [1.807, 2.05) is 68.4 Å². The minimum atomic E-state index is -1.35. The molecule has 0 radical (unpaired) electrons. The predicted molar refractivity (Wildman–Crippen MR) is 208 cm³/mol. The van der Waals surface area contributed by atoms with Crippen LogP contribution >= 0.6 is 0 Å². The Kier molecular flexibility index (Phi) is 15.8. The van der Waals surface area contributed by atoms with E-state index in [9.17, 15) is 33.9 Å². The summed E-state index contributed by atoms with van der Waals surface area (Å²) in [5.41, 5.74) is -0.177. The molecular weight excluding hydrogens is 704 g/mol. The molecule has 0 bridgehead atoms. The third-order valence-corrected chi connectivity index (χ3v) is 9.05. The van der Waals surface area contributed by atoms with Crippen molar-refractivity contribution in [2.75, 3.05) is 6.54 Å². The fourth-order valence-corrected chi connectivity index (χ4v) is 6.55. The maximum Gasteiger partial charge on any atom is 0.408 e. The molecule has 13 heteroatoms. The summed E-state index contributed by atoms with van der Waals surface area (Å²) in [6.45, 7) is 14.5. The SMILES string of the molecule is CC(C)CC(NC(=O)[C@H](CC(=O)C1(NC(=O)OC(C)(C)C)Cc2ccccc2C1)Cc1ccccc1)C(=O)N[C@H](CCCCNC(=O)OC(C)(C)C)C(=O)O. The quantitative estimate of drug-likeness (QED) is 0.119. The third-order valence-electron chi connectivity index (χ3n) is 9.05. The van der Waals surface area contributed by atoms with E-state index >= 15 is 0 Å². The summed E-state index contributed by atoms with van der Waals surface area (Å²) in [4.78, 5) is 79.6. The summed E-state index contributed by atoms with van der Waals surface area (Å²) in [7, 11) is 0. The minimum Gasteiger partial charge on any atom is -0.480 e. The molecule has 2 aromatic carbocycles. The van der Waals surface area contributed by atoms with Crippen LogP contribution in [-0.2, 0) is 47.9 Å². The molecule has 302 valence electrons. The first-order valence-corrected chi connectivity index (χ1v) is 19.1. The number of carbonyl (C=O) groups excluding carboxylic acids is 5. The molecule has 1 aliphatic rings. The van der Waals surface area contributed by atoms with E-state index in [0.717, 1.165) is 16.7 Å². The molecule has 0 spiro atoms. The molecule has 1 unspecified atom stereocenters. The highest BCUT2D eigenvalue weighted by Gasteiger charge is 2.46. The number of ether oxygens (including phenoxy) is 2. The van der Waals surface area contributed by atoms with Crippen molar-refractivity contribution < 1.29 is 43.3 Å². The highest BCUT2D eigenvalue weighted by atomic mass is 16.6. The molecule has 3 atom stereocenters. The fraction of sp³-hybridized carbons (Fsp3) is 0.571. The second-order valence-corrected chi connectivity index (χ2v) is 16.9. The Hall–Kier alpha value is -4.94. The van der Waals surface area contributed by atoms with Gasteiger partial charge in [0, 0.05) is 31.7 Å². The largest absolute Gasteiger partial charge is 0.480 e. The zero-order valence-corrected chi connectivity index (χ0v) is 33.6. The van der Waals surface area contributed by atoms with Gasteiger partial charge in [-0.1, -0.05) is 68.4 Å². The first kappa shape index (κ1) is 44.5. The smallest absolute Gasteiger partial charge is 0.408 e. The molecule has 0 heterocycles. The molecule has 3 rings (SSSR count). The molecular formula is C42H60N4O9. The highest BCUT2D eigenvalue weighted by molar-refractivity contribution is 5.97. The Morgan fingerprint density at radius 2 is 1.29 bits per heavy atom. The van der Waals surface area contributed by atoms with E-state index in [4.69, 9.17) is 9.47 Å². The van der Waals surface area contributed by atoms with Crippen LogP contribution in [-0.4, -0.2) is 76.2 Å². The summed E-state index contributed by atoms with van der Waals surface area (Å²) in [6, 6.07) is 14.5. The van der Waals surface area contributed by atoms with Gasteiger partial charge in [-0.3, -0.25) is 14.4 Å². The van der Waals surface area contributed by atoms with Gasteiger partial charge in [-0.2, -0.15) is 0 Å². The van der Waals surface area contributed by atoms with Crippen molar-refractivity contribution in [3.05, 3.63) is 71.3 Å². The number of carboxylic acid groups (broad SMARTS) is 1. The zero-order chi connectivity index (χ0) is 41.0. The molecule has 4 amide bonds. The number of aliphatic carboxylic acids is 1. The number of carbonyl (C=O) groups is 6. The molecule has 2 aromatic rings. The molecule has 0 saturated heterocycles. The van der Waals surface area contributed by atoms with Gasteiger partial charge in [0.2, 0.25) is 11.8 Å². The number of hydrogen-bond acceptors (Lipinski definition) is 8. The van der Waals surface area contributed by atoms with E-state index in [2.05, 4.69) is 21.3 Å². The van der Waals surface area contributed by atoms with Gasteiger partial charge in [-0.25, -0.2) is 14.4 Å². The summed E-state index contributed by atoms with van der Waals surface area (Å²) < 4.78 is 10.8. The van der Waals surface area contributed by atoms with Gasteiger partial charge >= 0.3 is 18.2 Å². The monoisotopic (exact) mass is 764 g/mol. The van der Waals surface area contributed by atoms with Crippen molar-refractivity contribution in [1.29, 1.82) is 0 Å². The topological polar surface area (TPSA) is 189 Å². The first-order chi connectivity index (χ1) is 25.7. The van der Waals surface area contributed by atoms with Gasteiger partial charge in [0.15, 0.2) is 5.78 Å². The van der Waals surface area contributed by atoms with Gasteiger partial charge < -0.3 is 35.8 Å². The van der Waals surface area contributed by atoms with Crippen LogP contribution in [0.25, 0.3) is 0 Å². The lowest BCUT2D eigenvalue weighted by Gasteiger charge is -2.32. The van der Waals surface area contributed by atoms with Gasteiger partial charge in [-0.05, 0) is 96.3 Å². The maximum absolute atomic E-state index is 14.5. The Balaban J connectivity index is 1.79. The number of nitrogens with one attached hydrogen (secondary N) is 4. The lowest BCUT2D eigenvalue weighted by Crippen LogP contribution is -2.57. The van der Waals surface area contributed by atoms with E-state index < -0.39 is 64.7 Å². The van der Waals surface area contributed by atoms with Crippen LogP contribution in [0.2, 0.25) is 0 Å². The van der Waals surface area contributed by atoms with Crippen molar-refractivity contribution in [3.8, 4) is 0 Å². The standard InChI is InChI=1S/C42H60N4O9/c1-27(2)22-33(36(49)44-32(37(50)51)20-14-15-21-43-38(52)54-40(3,4)5)45-35(48)31(23-28-16-10-9-11-17-28)24-34(47)42(46-39(53)55-41(6,7)8)25-29-18-12-13-19-30(29)26-42/h9-13,16-19,27,31-33H,14-15,20-26H2,1-8H3,(H,43,52)(H,44,49)(H,45,48)(H,46,53)(H,50,51)/t31-,32+,33?/m0/s1. The van der Waals surface area contributed by atoms with Crippen LogP contribution < -0.4 is 21.3 Å². The third kappa shape index (κ3) is 15.0. The zero-order valence-electron chi connectivity index (χ0n) is 33.6. The number of fused-ring (bicyclic) bond motifs is 1. The number of Topliss-reactive ketones (excluding diaryl/α,β-unsaturated/α-hetero) is 1. The highest BCUT2D eigenvalue weighted by Crippen LogP contribution is 2.33. The Bertz CT molecular complexity index is 1620. The van der Waals surface area contributed by atoms with Gasteiger partial charge in [-0.15, -0.1) is 0 Å². The van der Waals surface area contributed by atoms with Crippen molar-refractivity contribution in [2.45, 2.75) is 136 Å². The first-order valence-electron chi connectivity index (χ1n) is 19.1. The van der Waals surface area contributed by atoms with Crippen molar-refractivity contribution in [2.24, 2.45) is 11.8 Å². The number of rotatable bonds is 18. The van der Waals surface area contributed by atoms with Crippen LogP contribution in [0.4, 0.5) is 9.59 Å². The molecule has 0 aliphatic heterocycles. The van der Waals surface area contributed by atoms with E-state index in [-0.39, 0.29) is 56.8 Å². The van der Waals surface area contributed by atoms with Crippen LogP contribution in [0.1, 0.15) is 104 Å². The number of ketones is 1. The van der Waals surface area contributed by atoms with Crippen molar-refractivity contribution in [1.82, 2.24) is 21.3 Å². The van der Waals surface area contributed by atoms with Gasteiger partial charge in [0.1, 0.15) is 28.8 Å². The summed E-state index contributed by atoms with van der Waals surface area (Å²) in [5.74, 6) is -3.74. The summed E-state index contributed by atoms with van der Waals surface area (Å²) >= 11 is 0. The minimum absolute atomic E-state index is 0.0502. The molecule has 0 aromatic heterocycles. The van der Waals surface area contributed by atoms with Crippen LogP contribution in [0.5, 0.6) is 0 Å². The van der Waals surface area contributed by atoms with Crippen molar-refractivity contribution in [3.63, 3.8) is 0 Å². The van der Waals surface area contributed by atoms with Crippen LogP contribution in [0.15, 0.2) is 54.6 Å². The Morgan fingerprint density at radius 3 is 1.84 bits per heavy atom. The Labute approximate surface area is 325 Å². The molecule has 55 heavy (non-hydrogen) atoms. The molecule has 13 nitrogen and oxygen atoms in total. The average Bonchev–Trinajstić information content (AvgIpc) is 3.44. The fourth-order valence-electron chi connectivity index (χ4n) is 6.55. The number of hydrogen-bond donors (Lipinski definition) is 5. The lowest BCUT2D eigenvalue weighted by molar-refractivity contribution is -0.142. The maximum atomic E-state index is 14.5. The normalized spacial score (nSPS) is 15.1. The average molecular weight is 765 g/mol. The summed E-state index contributed by atoms with van der Waals surface area (Å²) in [5, 5.41) is 20.9. The van der Waals surface area contributed by atoms with Crippen molar-refractivity contribution >= 4 is 35.8 Å². The molecule has 0 fully saturated rings. The molecule has 1 aliphatic carbocycles. The number of benzene rings is 2. The number of alkyl carbamates (subject to hydrolysis) is 2. The van der Waals surface area contributed by atoms with E-state index in [1.54, 1.807) is 41.5 Å². The van der Waals surface area contributed by atoms with Gasteiger partial charge in [0.25, 0.3) is 0 Å². The molecule has 0 saturated carbocycles. The molecule has 5 N–H and O–H groups in total. The second-order valence-electron chi connectivity index (χ2n) is 16.9. The van der Waals surface area contributed by atoms with Crippen LogP contribution in [0.3, 0.4) is 0 Å². The van der Waals surface area contributed by atoms with Crippen LogP contribution in [0, 0.1) is 11.8 Å². The number of unbranched alkanes of at least 4 members (excludes halogenated alkanes) is 1. The Morgan fingerprint density at radius 1 is 0.745 bits per heavy atom. The van der Waals surface area contributed by atoms with E-state index in [0.29, 0.717) is 12.8 Å². The predicted octanol–water partition coefficient (Wildman–Crippen LogP) is 5.66. The van der Waals surface area contributed by atoms with Gasteiger partial charge in [0.05, 0.1) is 0 Å². The lowest BCUT2D eigenvalue weighted by atomic mass is 9.82. The van der Waals surface area contributed by atoms with E-state index in [1.165, 1.54) is 0 Å². The number of amides is 4. The number of carboxylic acids is 1. The summed E-state index contributed by atoms with van der Waals surface area (Å²) in [6.07, 6.45) is 0.244.